The molecule has 38 heavy (non-hydrogen) atoms. The number of aromatic amines is 1. The Labute approximate surface area is 234 Å². The molecule has 2 heterocycles. The molecule has 3 aromatic carbocycles. The highest BCUT2D eigenvalue weighted by Crippen LogP contribution is 2.40. The zero-order chi connectivity index (χ0) is 26.6. The number of thioether (sulfide) groups is 1. The van der Waals surface area contributed by atoms with E-state index in [4.69, 9.17) is 9.84 Å². The fraction of sp³-hybridized carbons (Fsp3) is 0.241. The van der Waals surface area contributed by atoms with Gasteiger partial charge >= 0.3 is 11.3 Å². The lowest BCUT2D eigenvalue weighted by Gasteiger charge is -2.32. The van der Waals surface area contributed by atoms with E-state index in [-0.39, 0.29) is 11.5 Å². The fourth-order valence-electron chi connectivity index (χ4n) is 4.56. The van der Waals surface area contributed by atoms with Crippen LogP contribution in [0, 0.1) is 0 Å². The number of unbranched alkanes of at least 4 members (excludes halogenated alkanes) is 1. The van der Waals surface area contributed by atoms with E-state index in [2.05, 4.69) is 27.8 Å². The van der Waals surface area contributed by atoms with Crippen LogP contribution in [0.5, 0.6) is 5.75 Å². The molecule has 1 N–H and O–H groups in total. The van der Waals surface area contributed by atoms with Gasteiger partial charge in [0.25, 0.3) is 6.17 Å². The molecular formula is C29H28BrN4O3S+. The van der Waals surface area contributed by atoms with E-state index in [0.717, 1.165) is 28.6 Å². The van der Waals surface area contributed by atoms with Crippen LogP contribution in [0.4, 0.5) is 5.69 Å². The zero-order valence-electron chi connectivity index (χ0n) is 21.2. The van der Waals surface area contributed by atoms with Gasteiger partial charge in [0.05, 0.1) is 16.8 Å². The number of hydrogen-bond donors (Lipinski definition) is 1. The van der Waals surface area contributed by atoms with E-state index in [1.54, 1.807) is 9.58 Å². The van der Waals surface area contributed by atoms with E-state index in [0.29, 0.717) is 40.0 Å². The third-order valence-corrected chi connectivity index (χ3v) is 7.76. The first-order valence-corrected chi connectivity index (χ1v) is 14.3. The van der Waals surface area contributed by atoms with Gasteiger partial charge in [0.15, 0.2) is 0 Å². The molecule has 4 aromatic rings. The lowest BCUT2D eigenvalue weighted by molar-refractivity contribution is -0.763. The summed E-state index contributed by atoms with van der Waals surface area (Å²) in [6.45, 7) is 4.01. The fourth-order valence-corrected chi connectivity index (χ4v) is 5.88. The quantitative estimate of drug-likeness (QED) is 0.157. The summed E-state index contributed by atoms with van der Waals surface area (Å²) in [5, 5.41) is 5.40. The number of rotatable bonds is 8. The number of ether oxygens (including phenoxy) is 1. The monoisotopic (exact) mass is 591 g/mol. The van der Waals surface area contributed by atoms with E-state index in [1.165, 1.54) is 18.7 Å². The summed E-state index contributed by atoms with van der Waals surface area (Å²) < 4.78 is 8.81. The molecule has 0 radical (unpaired) electrons. The van der Waals surface area contributed by atoms with Crippen molar-refractivity contribution in [2.24, 2.45) is 0 Å². The van der Waals surface area contributed by atoms with Crippen LogP contribution in [0.25, 0.3) is 11.3 Å². The largest absolute Gasteiger partial charge is 0.488 e. The molecule has 194 valence electrons. The minimum absolute atomic E-state index is 0.170. The lowest BCUT2D eigenvalue weighted by Crippen LogP contribution is -2.60. The topological polar surface area (TPSA) is 79.2 Å². The molecule has 0 saturated heterocycles. The van der Waals surface area contributed by atoms with Gasteiger partial charge in [0.2, 0.25) is 11.1 Å². The zero-order valence-corrected chi connectivity index (χ0v) is 23.6. The van der Waals surface area contributed by atoms with Gasteiger partial charge in [-0.05, 0) is 47.0 Å². The summed E-state index contributed by atoms with van der Waals surface area (Å²) in [5.41, 5.74) is 3.19. The Balaban J connectivity index is 1.69. The lowest BCUT2D eigenvalue weighted by atomic mass is 10.0. The smallest absolute Gasteiger partial charge is 0.325 e. The van der Waals surface area contributed by atoms with Gasteiger partial charge in [-0.1, -0.05) is 83.5 Å². The van der Waals surface area contributed by atoms with Crippen LogP contribution in [-0.4, -0.2) is 21.7 Å². The van der Waals surface area contributed by atoms with Crippen molar-refractivity contribution in [3.63, 3.8) is 0 Å². The number of nitrogens with one attached hydrogen (secondary N) is 1. The number of fused-ring (bicyclic) bond motifs is 3. The van der Waals surface area contributed by atoms with Crippen molar-refractivity contribution in [1.82, 2.24) is 10.1 Å². The number of carbonyl (C=O) groups excluding carboxylic acids is 1. The number of aromatic nitrogens is 3. The van der Waals surface area contributed by atoms with Crippen LogP contribution in [0.3, 0.4) is 0 Å². The van der Waals surface area contributed by atoms with Crippen LogP contribution < -0.4 is 19.9 Å². The molecule has 1 atom stereocenters. The maximum Gasteiger partial charge on any atom is 0.325 e. The minimum atomic E-state index is -0.728. The number of nitrogens with zero attached hydrogens (tertiary/aromatic N) is 3. The van der Waals surface area contributed by atoms with E-state index >= 15 is 0 Å². The number of hydrogen-bond acceptors (Lipinski definition) is 5. The van der Waals surface area contributed by atoms with Crippen molar-refractivity contribution in [3.05, 3.63) is 98.7 Å². The number of carbonyl (C=O) groups is 1. The summed E-state index contributed by atoms with van der Waals surface area (Å²) >= 11 is 5.10. The average Bonchev–Trinajstić information content (AvgIpc) is 2.92. The van der Waals surface area contributed by atoms with Gasteiger partial charge in [-0.15, -0.1) is 0 Å². The highest BCUT2D eigenvalue weighted by atomic mass is 79.9. The van der Waals surface area contributed by atoms with Crippen LogP contribution in [0.15, 0.2) is 87.2 Å². The second-order valence-electron chi connectivity index (χ2n) is 8.99. The molecule has 0 bridgehead atoms. The Bertz CT molecular complexity index is 1530. The molecule has 0 fully saturated rings. The average molecular weight is 593 g/mol. The Morgan fingerprint density at radius 2 is 1.89 bits per heavy atom. The number of amides is 1. The molecule has 1 aliphatic heterocycles. The number of para-hydroxylation sites is 1. The summed E-state index contributed by atoms with van der Waals surface area (Å²) in [5.74, 6) is 1.27. The second kappa shape index (κ2) is 11.5. The normalized spacial score (nSPS) is 14.1. The van der Waals surface area contributed by atoms with E-state index in [9.17, 15) is 9.59 Å². The Morgan fingerprint density at radius 3 is 2.66 bits per heavy atom. The van der Waals surface area contributed by atoms with Crippen molar-refractivity contribution >= 4 is 39.3 Å². The van der Waals surface area contributed by atoms with Gasteiger partial charge in [0, 0.05) is 22.2 Å². The van der Waals surface area contributed by atoms with Crippen LogP contribution in [0.2, 0.25) is 0 Å². The highest BCUT2D eigenvalue weighted by molar-refractivity contribution is 9.10. The molecule has 0 unspecified atom stereocenters. The molecule has 7 nitrogen and oxygen atoms in total. The van der Waals surface area contributed by atoms with Gasteiger partial charge in [0.1, 0.15) is 12.4 Å². The molecule has 1 aromatic heterocycles. The molecule has 0 saturated carbocycles. The van der Waals surface area contributed by atoms with E-state index in [1.807, 2.05) is 72.8 Å². The van der Waals surface area contributed by atoms with Gasteiger partial charge in [-0.3, -0.25) is 14.6 Å². The molecule has 1 aliphatic rings. The molecule has 1 amide bonds. The van der Waals surface area contributed by atoms with Crippen molar-refractivity contribution in [1.29, 1.82) is 0 Å². The summed E-state index contributed by atoms with van der Waals surface area (Å²) in [4.78, 5) is 31.4. The van der Waals surface area contributed by atoms with Crippen molar-refractivity contribution in [2.45, 2.75) is 44.6 Å². The first kappa shape index (κ1) is 26.2. The summed E-state index contributed by atoms with van der Waals surface area (Å²) in [7, 11) is 0. The predicted molar refractivity (Wildman–Crippen MR) is 152 cm³/mol. The second-order valence-corrected chi connectivity index (χ2v) is 11.0. The first-order chi connectivity index (χ1) is 18.5. The third-order valence-electron chi connectivity index (χ3n) is 6.32. The molecule has 5 rings (SSSR count). The maximum absolute atomic E-state index is 13.5. The number of anilines is 1. The van der Waals surface area contributed by atoms with Gasteiger partial charge in [-0.25, -0.2) is 4.90 Å². The Kier molecular flexibility index (Phi) is 7.95. The Hall–Kier alpha value is -3.43. The molecule has 0 aliphatic carbocycles. The molecular weight excluding hydrogens is 564 g/mol. The third kappa shape index (κ3) is 5.26. The molecule has 9 heteroatoms. The molecule has 0 spiro atoms. The van der Waals surface area contributed by atoms with Crippen molar-refractivity contribution < 1.29 is 14.2 Å². The predicted octanol–water partition coefficient (Wildman–Crippen LogP) is 5.87. The summed E-state index contributed by atoms with van der Waals surface area (Å²) in [6, 6.07) is 23.1. The maximum atomic E-state index is 13.5. The highest BCUT2D eigenvalue weighted by Gasteiger charge is 2.46. The van der Waals surface area contributed by atoms with Crippen molar-refractivity contribution in [3.8, 4) is 17.0 Å². The van der Waals surface area contributed by atoms with Crippen LogP contribution in [0.1, 0.15) is 44.0 Å². The standard InChI is InChI=1S/C29H27BrN4O3S/c1-3-4-16-38-29-31-27(36)26-22-12-8-9-13-24(22)33(19(2)35)28(34(26)32-29)23-17-21(30)14-15-25(23)37-18-20-10-6-5-7-11-20/h5-15,17,28H,3-4,16,18H2,1-2H3/p+1/t28-/m1/s1. The van der Waals surface area contributed by atoms with Crippen LogP contribution >= 0.6 is 27.7 Å². The van der Waals surface area contributed by atoms with Gasteiger partial charge < -0.3 is 4.74 Å². The SMILES string of the molecule is CCCCSc1n[n+]2c(c(=O)[nH]1)-c1ccccc1N(C(C)=O)[C@H]2c1cc(Br)ccc1OCc1ccccc1. The van der Waals surface area contributed by atoms with Crippen LogP contribution in [-0.2, 0) is 11.4 Å². The Morgan fingerprint density at radius 1 is 1.13 bits per heavy atom. The number of benzene rings is 3. The van der Waals surface area contributed by atoms with Gasteiger partial charge in [-0.2, -0.15) is 0 Å². The summed E-state index contributed by atoms with van der Waals surface area (Å²) in [6.07, 6.45) is 1.32. The van der Waals surface area contributed by atoms with Crippen molar-refractivity contribution in [2.75, 3.05) is 10.7 Å². The van der Waals surface area contributed by atoms with E-state index < -0.39 is 6.17 Å². The number of halogens is 1. The number of H-pyrrole nitrogens is 1. The first-order valence-electron chi connectivity index (χ1n) is 12.5. The minimum Gasteiger partial charge on any atom is -0.488 e.